The maximum Gasteiger partial charge on any atom is 0.114 e. The van der Waals surface area contributed by atoms with E-state index < -0.39 is 6.10 Å². The third-order valence-electron chi connectivity index (χ3n) is 2.53. The Labute approximate surface area is 110 Å². The SMILES string of the molecule is CCC[C@H](O)C#CCCCOCc1ccccc1. The summed E-state index contributed by atoms with van der Waals surface area (Å²) >= 11 is 0. The summed E-state index contributed by atoms with van der Waals surface area (Å²) in [4.78, 5) is 0. The first-order valence-electron chi connectivity index (χ1n) is 6.61. The Morgan fingerprint density at radius 1 is 1.28 bits per heavy atom. The van der Waals surface area contributed by atoms with Gasteiger partial charge in [0.2, 0.25) is 0 Å². The van der Waals surface area contributed by atoms with E-state index in [0.29, 0.717) is 13.2 Å². The van der Waals surface area contributed by atoms with Crippen molar-refractivity contribution in [2.75, 3.05) is 6.61 Å². The predicted molar refractivity (Wildman–Crippen MR) is 74.0 cm³/mol. The van der Waals surface area contributed by atoms with Gasteiger partial charge in [0.15, 0.2) is 0 Å². The third-order valence-corrected chi connectivity index (χ3v) is 2.53. The van der Waals surface area contributed by atoms with Crippen molar-refractivity contribution in [3.8, 4) is 11.8 Å². The van der Waals surface area contributed by atoms with E-state index in [2.05, 4.69) is 24.0 Å². The van der Waals surface area contributed by atoms with Gasteiger partial charge >= 0.3 is 0 Å². The fourth-order valence-corrected chi connectivity index (χ4v) is 1.56. The van der Waals surface area contributed by atoms with Crippen molar-refractivity contribution in [2.24, 2.45) is 0 Å². The standard InChI is InChI=1S/C16H22O2/c1-2-9-16(17)12-7-4-8-13-18-14-15-10-5-3-6-11-15/h3,5-6,10-11,16-17H,2,4,8-9,13-14H2,1H3/t16-/m0/s1. The molecule has 2 nitrogen and oxygen atoms in total. The molecule has 98 valence electrons. The second-order valence-electron chi connectivity index (χ2n) is 4.27. The van der Waals surface area contributed by atoms with Crippen LogP contribution in [0, 0.1) is 11.8 Å². The molecular weight excluding hydrogens is 224 g/mol. The van der Waals surface area contributed by atoms with Gasteiger partial charge in [-0.25, -0.2) is 0 Å². The second-order valence-corrected chi connectivity index (χ2v) is 4.27. The summed E-state index contributed by atoms with van der Waals surface area (Å²) in [5.41, 5.74) is 1.20. The van der Waals surface area contributed by atoms with Crippen LogP contribution >= 0.6 is 0 Å². The fraction of sp³-hybridized carbons (Fsp3) is 0.500. The smallest absolute Gasteiger partial charge is 0.114 e. The Morgan fingerprint density at radius 3 is 2.78 bits per heavy atom. The van der Waals surface area contributed by atoms with Crippen LogP contribution in [0.4, 0.5) is 0 Å². The first kappa shape index (κ1) is 14.8. The first-order chi connectivity index (χ1) is 8.83. The highest BCUT2D eigenvalue weighted by Crippen LogP contribution is 2.01. The van der Waals surface area contributed by atoms with Crippen LogP contribution in [0.3, 0.4) is 0 Å². The lowest BCUT2D eigenvalue weighted by Gasteiger charge is -2.02. The average Bonchev–Trinajstić information content (AvgIpc) is 2.39. The number of aliphatic hydroxyl groups is 1. The molecule has 0 spiro atoms. The molecule has 0 aliphatic rings. The van der Waals surface area contributed by atoms with Crippen LogP contribution in [-0.4, -0.2) is 17.8 Å². The van der Waals surface area contributed by atoms with Crippen LogP contribution in [0.5, 0.6) is 0 Å². The number of aliphatic hydroxyl groups excluding tert-OH is 1. The minimum atomic E-state index is -0.458. The summed E-state index contributed by atoms with van der Waals surface area (Å²) in [5.74, 6) is 5.83. The second kappa shape index (κ2) is 9.70. The summed E-state index contributed by atoms with van der Waals surface area (Å²) in [6, 6.07) is 10.1. The summed E-state index contributed by atoms with van der Waals surface area (Å²) in [6.45, 7) is 3.42. The summed E-state index contributed by atoms with van der Waals surface area (Å²) < 4.78 is 5.54. The molecule has 1 aromatic rings. The van der Waals surface area contributed by atoms with Crippen LogP contribution in [0.25, 0.3) is 0 Å². The van der Waals surface area contributed by atoms with Crippen molar-refractivity contribution in [3.63, 3.8) is 0 Å². The van der Waals surface area contributed by atoms with Crippen molar-refractivity contribution in [1.82, 2.24) is 0 Å². The highest BCUT2D eigenvalue weighted by atomic mass is 16.5. The highest BCUT2D eigenvalue weighted by Gasteiger charge is 1.94. The Bertz CT molecular complexity index is 362. The van der Waals surface area contributed by atoms with Crippen molar-refractivity contribution in [3.05, 3.63) is 35.9 Å². The highest BCUT2D eigenvalue weighted by molar-refractivity contribution is 5.13. The Balaban J connectivity index is 2.02. The molecule has 0 aromatic heterocycles. The van der Waals surface area contributed by atoms with Gasteiger partial charge in [-0.15, -0.1) is 5.92 Å². The summed E-state index contributed by atoms with van der Waals surface area (Å²) in [5, 5.41) is 9.40. The molecule has 0 fully saturated rings. The number of benzene rings is 1. The van der Waals surface area contributed by atoms with E-state index in [1.54, 1.807) is 0 Å². The van der Waals surface area contributed by atoms with Gasteiger partial charge in [-0.1, -0.05) is 49.6 Å². The molecule has 2 heteroatoms. The van der Waals surface area contributed by atoms with Gasteiger partial charge < -0.3 is 9.84 Å². The summed E-state index contributed by atoms with van der Waals surface area (Å²) in [7, 11) is 0. The molecule has 1 aromatic carbocycles. The zero-order valence-corrected chi connectivity index (χ0v) is 11.1. The van der Waals surface area contributed by atoms with Crippen LogP contribution in [0.2, 0.25) is 0 Å². The van der Waals surface area contributed by atoms with Crippen molar-refractivity contribution >= 4 is 0 Å². The van der Waals surface area contributed by atoms with E-state index >= 15 is 0 Å². The Morgan fingerprint density at radius 2 is 2.06 bits per heavy atom. The molecular formula is C16H22O2. The molecule has 1 rings (SSSR count). The Hall–Kier alpha value is -1.30. The van der Waals surface area contributed by atoms with Gasteiger partial charge in [0.1, 0.15) is 6.10 Å². The van der Waals surface area contributed by atoms with E-state index in [-0.39, 0.29) is 0 Å². The predicted octanol–water partition coefficient (Wildman–Crippen LogP) is 3.15. The van der Waals surface area contributed by atoms with E-state index in [9.17, 15) is 5.11 Å². The molecule has 18 heavy (non-hydrogen) atoms. The van der Waals surface area contributed by atoms with Gasteiger partial charge in [0.05, 0.1) is 6.61 Å². The molecule has 0 bridgehead atoms. The minimum Gasteiger partial charge on any atom is -0.380 e. The van der Waals surface area contributed by atoms with E-state index in [4.69, 9.17) is 4.74 Å². The van der Waals surface area contributed by atoms with Gasteiger partial charge in [-0.2, -0.15) is 0 Å². The van der Waals surface area contributed by atoms with Crippen LogP contribution in [0.1, 0.15) is 38.2 Å². The molecule has 0 amide bonds. The lowest BCUT2D eigenvalue weighted by atomic mass is 10.2. The number of ether oxygens (including phenoxy) is 1. The fourth-order valence-electron chi connectivity index (χ4n) is 1.56. The molecule has 1 N–H and O–H groups in total. The van der Waals surface area contributed by atoms with E-state index in [1.165, 1.54) is 5.56 Å². The lowest BCUT2D eigenvalue weighted by molar-refractivity contribution is 0.119. The van der Waals surface area contributed by atoms with Crippen LogP contribution < -0.4 is 0 Å². The molecule has 0 heterocycles. The molecule has 0 unspecified atom stereocenters. The number of rotatable bonds is 7. The maximum absolute atomic E-state index is 9.40. The monoisotopic (exact) mass is 246 g/mol. The lowest BCUT2D eigenvalue weighted by Crippen LogP contribution is -2.01. The first-order valence-corrected chi connectivity index (χ1v) is 6.61. The zero-order chi connectivity index (χ0) is 13.1. The van der Waals surface area contributed by atoms with Crippen LogP contribution in [-0.2, 0) is 11.3 Å². The average molecular weight is 246 g/mol. The molecule has 0 aliphatic carbocycles. The van der Waals surface area contributed by atoms with E-state index in [1.807, 2.05) is 25.1 Å². The Kier molecular flexibility index (Phi) is 7.96. The van der Waals surface area contributed by atoms with Crippen molar-refractivity contribution in [1.29, 1.82) is 0 Å². The number of unbranched alkanes of at least 4 members (excludes halogenated alkanes) is 1. The van der Waals surface area contributed by atoms with Crippen molar-refractivity contribution in [2.45, 2.75) is 45.3 Å². The van der Waals surface area contributed by atoms with Crippen molar-refractivity contribution < 1.29 is 9.84 Å². The number of hydrogen-bond acceptors (Lipinski definition) is 2. The largest absolute Gasteiger partial charge is 0.380 e. The molecule has 0 saturated heterocycles. The molecule has 1 atom stereocenters. The quantitative estimate of drug-likeness (QED) is 0.591. The summed E-state index contributed by atoms with van der Waals surface area (Å²) in [6.07, 6.45) is 2.97. The van der Waals surface area contributed by atoms with E-state index in [0.717, 1.165) is 25.7 Å². The van der Waals surface area contributed by atoms with Gasteiger partial charge in [-0.05, 0) is 18.4 Å². The molecule has 0 saturated carbocycles. The molecule has 0 aliphatic heterocycles. The van der Waals surface area contributed by atoms with Crippen LogP contribution in [0.15, 0.2) is 30.3 Å². The third kappa shape index (κ3) is 7.11. The topological polar surface area (TPSA) is 29.5 Å². The normalized spacial score (nSPS) is 11.7. The molecule has 0 radical (unpaired) electrons. The van der Waals surface area contributed by atoms with Gasteiger partial charge in [0, 0.05) is 13.0 Å². The maximum atomic E-state index is 9.40. The van der Waals surface area contributed by atoms with Gasteiger partial charge in [-0.3, -0.25) is 0 Å². The van der Waals surface area contributed by atoms with Gasteiger partial charge in [0.25, 0.3) is 0 Å². The number of hydrogen-bond donors (Lipinski definition) is 1. The minimum absolute atomic E-state index is 0.458. The zero-order valence-electron chi connectivity index (χ0n) is 11.1.